The highest BCUT2D eigenvalue weighted by Gasteiger charge is 2.39. The molecule has 0 spiro atoms. The van der Waals surface area contributed by atoms with Crippen molar-refractivity contribution < 1.29 is 23.9 Å². The summed E-state index contributed by atoms with van der Waals surface area (Å²) in [4.78, 5) is 39.8. The molecule has 8 nitrogen and oxygen atoms in total. The van der Waals surface area contributed by atoms with Crippen LogP contribution in [-0.4, -0.2) is 73.2 Å². The second kappa shape index (κ2) is 8.18. The Morgan fingerprint density at radius 2 is 1.81 bits per heavy atom. The van der Waals surface area contributed by atoms with E-state index in [1.807, 2.05) is 30.3 Å². The fourth-order valence-corrected chi connectivity index (χ4v) is 3.19. The van der Waals surface area contributed by atoms with Crippen molar-refractivity contribution in [1.29, 1.82) is 0 Å². The third-order valence-electron chi connectivity index (χ3n) is 4.53. The van der Waals surface area contributed by atoms with Gasteiger partial charge in [-0.3, -0.25) is 9.59 Å². The number of nitrogens with zero attached hydrogens (tertiary/aromatic N) is 2. The molecule has 1 N–H and O–H groups in total. The van der Waals surface area contributed by atoms with Crippen LogP contribution in [0.4, 0.5) is 4.79 Å². The Labute approximate surface area is 152 Å². The van der Waals surface area contributed by atoms with Gasteiger partial charge in [0.05, 0.1) is 12.6 Å². The third kappa shape index (κ3) is 3.96. The van der Waals surface area contributed by atoms with Crippen LogP contribution >= 0.6 is 0 Å². The predicted octanol–water partition coefficient (Wildman–Crippen LogP) is 0.543. The Hall–Kier alpha value is -2.61. The van der Waals surface area contributed by atoms with E-state index >= 15 is 0 Å². The molecule has 140 valence electrons. The predicted molar refractivity (Wildman–Crippen MR) is 92.2 cm³/mol. The fourth-order valence-electron chi connectivity index (χ4n) is 3.19. The van der Waals surface area contributed by atoms with E-state index in [9.17, 15) is 14.4 Å². The van der Waals surface area contributed by atoms with Crippen molar-refractivity contribution in [3.05, 3.63) is 35.9 Å². The van der Waals surface area contributed by atoms with Crippen LogP contribution in [0, 0.1) is 0 Å². The summed E-state index contributed by atoms with van der Waals surface area (Å²) in [6.07, 6.45) is -1.13. The molecule has 1 aromatic carbocycles. The van der Waals surface area contributed by atoms with Gasteiger partial charge in [0.2, 0.25) is 5.91 Å². The molecule has 0 bridgehead atoms. The van der Waals surface area contributed by atoms with Crippen molar-refractivity contribution in [3.8, 4) is 0 Å². The molecular weight excluding hydrogens is 338 g/mol. The number of ether oxygens (including phenoxy) is 2. The number of morpholine rings is 1. The van der Waals surface area contributed by atoms with E-state index in [2.05, 4.69) is 5.32 Å². The van der Waals surface area contributed by atoms with E-state index < -0.39 is 12.1 Å². The van der Waals surface area contributed by atoms with Crippen LogP contribution in [-0.2, 0) is 19.1 Å². The highest BCUT2D eigenvalue weighted by atomic mass is 16.6. The summed E-state index contributed by atoms with van der Waals surface area (Å²) in [6.45, 7) is 3.60. The zero-order valence-corrected chi connectivity index (χ0v) is 14.7. The molecule has 0 aromatic heterocycles. The van der Waals surface area contributed by atoms with Crippen LogP contribution in [0.15, 0.2) is 30.3 Å². The maximum Gasteiger partial charge on any atom is 0.409 e. The van der Waals surface area contributed by atoms with Crippen molar-refractivity contribution in [2.75, 3.05) is 39.4 Å². The van der Waals surface area contributed by atoms with Crippen molar-refractivity contribution in [1.82, 2.24) is 15.1 Å². The lowest BCUT2D eigenvalue weighted by atomic mass is 9.98. The van der Waals surface area contributed by atoms with Gasteiger partial charge in [0, 0.05) is 26.2 Å². The average Bonchev–Trinajstić information content (AvgIpc) is 2.68. The highest BCUT2D eigenvalue weighted by Crippen LogP contribution is 2.24. The number of nitrogens with one attached hydrogen (secondary N) is 1. The summed E-state index contributed by atoms with van der Waals surface area (Å²) >= 11 is 0. The number of benzene rings is 1. The largest absolute Gasteiger partial charge is 0.450 e. The normalized spacial score (nSPS) is 23.3. The zero-order chi connectivity index (χ0) is 18.5. The summed E-state index contributed by atoms with van der Waals surface area (Å²) in [7, 11) is 0. The molecule has 8 heteroatoms. The van der Waals surface area contributed by atoms with Gasteiger partial charge >= 0.3 is 6.09 Å². The number of amides is 3. The maximum atomic E-state index is 13.0. The average molecular weight is 361 g/mol. The Morgan fingerprint density at radius 3 is 2.46 bits per heavy atom. The minimum Gasteiger partial charge on any atom is -0.450 e. The van der Waals surface area contributed by atoms with Gasteiger partial charge in [-0.15, -0.1) is 0 Å². The van der Waals surface area contributed by atoms with Gasteiger partial charge in [-0.1, -0.05) is 30.3 Å². The van der Waals surface area contributed by atoms with Crippen LogP contribution in [0.5, 0.6) is 0 Å². The highest BCUT2D eigenvalue weighted by molar-refractivity contribution is 5.86. The van der Waals surface area contributed by atoms with Gasteiger partial charge in [-0.25, -0.2) is 4.79 Å². The van der Waals surface area contributed by atoms with Gasteiger partial charge in [0.1, 0.15) is 6.61 Å². The van der Waals surface area contributed by atoms with Crippen molar-refractivity contribution >= 4 is 17.9 Å². The molecule has 1 aromatic rings. The number of carbonyl (C=O) groups excluding carboxylic acids is 3. The molecule has 0 radical (unpaired) electrons. The maximum absolute atomic E-state index is 13.0. The number of piperazine rings is 1. The van der Waals surface area contributed by atoms with Crippen LogP contribution < -0.4 is 5.32 Å². The van der Waals surface area contributed by atoms with Gasteiger partial charge in [-0.05, 0) is 12.5 Å². The third-order valence-corrected chi connectivity index (χ3v) is 4.53. The number of rotatable bonds is 3. The van der Waals surface area contributed by atoms with Gasteiger partial charge in [0.15, 0.2) is 6.10 Å². The molecule has 0 aliphatic carbocycles. The van der Waals surface area contributed by atoms with Crippen molar-refractivity contribution in [3.63, 3.8) is 0 Å². The molecule has 3 rings (SSSR count). The molecule has 2 fully saturated rings. The SMILES string of the molecule is CCOC(=O)N1CCN(C(=O)[C@H]2OCC(=O)N[C@@H]2c2ccccc2)CC1. The van der Waals surface area contributed by atoms with E-state index in [-0.39, 0.29) is 24.5 Å². The lowest BCUT2D eigenvalue weighted by Crippen LogP contribution is -2.57. The lowest BCUT2D eigenvalue weighted by Gasteiger charge is -2.38. The molecule has 3 amide bonds. The van der Waals surface area contributed by atoms with E-state index in [0.717, 1.165) is 5.56 Å². The summed E-state index contributed by atoms with van der Waals surface area (Å²) in [6, 6.07) is 8.79. The van der Waals surface area contributed by atoms with E-state index in [0.29, 0.717) is 32.8 Å². The molecular formula is C18H23N3O5. The van der Waals surface area contributed by atoms with Crippen LogP contribution in [0.25, 0.3) is 0 Å². The second-order valence-electron chi connectivity index (χ2n) is 6.20. The van der Waals surface area contributed by atoms with Gasteiger partial charge in [-0.2, -0.15) is 0 Å². The Balaban J connectivity index is 1.66. The summed E-state index contributed by atoms with van der Waals surface area (Å²) in [5, 5.41) is 2.85. The first-order chi connectivity index (χ1) is 12.6. The van der Waals surface area contributed by atoms with E-state index in [1.54, 1.807) is 16.7 Å². The molecule has 2 saturated heterocycles. The van der Waals surface area contributed by atoms with Crippen molar-refractivity contribution in [2.24, 2.45) is 0 Å². The monoisotopic (exact) mass is 361 g/mol. The minimum atomic E-state index is -0.774. The van der Waals surface area contributed by atoms with Gasteiger partial charge < -0.3 is 24.6 Å². The molecule has 0 unspecified atom stereocenters. The Bertz CT molecular complexity index is 658. The topological polar surface area (TPSA) is 88.2 Å². The molecule has 2 aliphatic heterocycles. The zero-order valence-electron chi connectivity index (χ0n) is 14.7. The summed E-state index contributed by atoms with van der Waals surface area (Å²) < 4.78 is 10.6. The minimum absolute atomic E-state index is 0.136. The lowest BCUT2D eigenvalue weighted by molar-refractivity contribution is -0.156. The Morgan fingerprint density at radius 1 is 1.15 bits per heavy atom. The first kappa shape index (κ1) is 18.2. The summed E-state index contributed by atoms with van der Waals surface area (Å²) in [5.74, 6) is -0.419. The van der Waals surface area contributed by atoms with Crippen molar-refractivity contribution in [2.45, 2.75) is 19.1 Å². The summed E-state index contributed by atoms with van der Waals surface area (Å²) in [5.41, 5.74) is 0.823. The molecule has 2 atom stereocenters. The number of carbonyl (C=O) groups is 3. The Kier molecular flexibility index (Phi) is 5.72. The smallest absolute Gasteiger partial charge is 0.409 e. The first-order valence-corrected chi connectivity index (χ1v) is 8.76. The van der Waals surface area contributed by atoms with Gasteiger partial charge in [0.25, 0.3) is 5.91 Å². The van der Waals surface area contributed by atoms with Crippen LogP contribution in [0.1, 0.15) is 18.5 Å². The van der Waals surface area contributed by atoms with Crippen LogP contribution in [0.3, 0.4) is 0 Å². The second-order valence-corrected chi connectivity index (χ2v) is 6.20. The molecule has 2 heterocycles. The standard InChI is InChI=1S/C18H23N3O5/c1-2-25-18(24)21-10-8-20(9-11-21)17(23)16-15(19-14(22)12-26-16)13-6-4-3-5-7-13/h3-7,15-16H,2,8-12H2,1H3,(H,19,22)/t15-,16+/m1/s1. The quantitative estimate of drug-likeness (QED) is 0.849. The molecule has 0 saturated carbocycles. The number of hydrogen-bond donors (Lipinski definition) is 1. The van der Waals surface area contributed by atoms with E-state index in [4.69, 9.17) is 9.47 Å². The first-order valence-electron chi connectivity index (χ1n) is 8.76. The number of hydrogen-bond acceptors (Lipinski definition) is 5. The molecule has 26 heavy (non-hydrogen) atoms. The molecule has 2 aliphatic rings. The fraction of sp³-hybridized carbons (Fsp3) is 0.500. The van der Waals surface area contributed by atoms with E-state index in [1.165, 1.54) is 0 Å². The van der Waals surface area contributed by atoms with Crippen LogP contribution in [0.2, 0.25) is 0 Å².